The normalized spacial score (nSPS) is 16.0. The smallest absolute Gasteiger partial charge is 0.270 e. The molecule has 0 spiro atoms. The Balaban J connectivity index is 0.000000179. The van der Waals surface area contributed by atoms with Crippen LogP contribution in [0.4, 0.5) is 17.1 Å². The zero-order valence-electron chi connectivity index (χ0n) is 21.2. The fraction of sp³-hybridized carbons (Fsp3) is 0.393. The molecule has 37 heavy (non-hydrogen) atoms. The molecule has 192 valence electrons. The van der Waals surface area contributed by atoms with Crippen LogP contribution in [0.3, 0.4) is 0 Å². The number of aromatic nitrogens is 1. The third-order valence-electron chi connectivity index (χ3n) is 6.93. The Morgan fingerprint density at radius 2 is 1.65 bits per heavy atom. The number of carbonyl (C=O) groups is 1. The van der Waals surface area contributed by atoms with E-state index in [9.17, 15) is 25.0 Å². The van der Waals surface area contributed by atoms with E-state index in [1.54, 1.807) is 18.2 Å². The maximum absolute atomic E-state index is 11.7. The highest BCUT2D eigenvalue weighted by atomic mass is 16.6. The summed E-state index contributed by atoms with van der Waals surface area (Å²) in [5, 5.41) is 25.2. The van der Waals surface area contributed by atoms with Crippen molar-refractivity contribution in [3.63, 3.8) is 0 Å². The van der Waals surface area contributed by atoms with Gasteiger partial charge in [-0.3, -0.25) is 25.0 Å². The molecule has 0 atom stereocenters. The number of fused-ring (bicyclic) bond motifs is 1. The third kappa shape index (κ3) is 6.33. The summed E-state index contributed by atoms with van der Waals surface area (Å²) >= 11 is 0. The van der Waals surface area contributed by atoms with Crippen LogP contribution in [0.5, 0.6) is 0 Å². The van der Waals surface area contributed by atoms with Gasteiger partial charge in [0.05, 0.1) is 21.1 Å². The first-order valence-electron chi connectivity index (χ1n) is 12.4. The van der Waals surface area contributed by atoms with E-state index in [1.807, 2.05) is 13.0 Å². The van der Waals surface area contributed by atoms with Crippen LogP contribution in [0.1, 0.15) is 70.6 Å². The summed E-state index contributed by atoms with van der Waals surface area (Å²) in [6.45, 7) is 6.20. The molecule has 3 aromatic rings. The Kier molecular flexibility index (Phi) is 7.03. The number of hydrogen-bond acceptors (Lipinski definition) is 5. The van der Waals surface area contributed by atoms with E-state index in [1.165, 1.54) is 36.7 Å². The first-order chi connectivity index (χ1) is 17.5. The van der Waals surface area contributed by atoms with E-state index in [-0.39, 0.29) is 33.0 Å². The van der Waals surface area contributed by atoms with Gasteiger partial charge in [-0.2, -0.15) is 0 Å². The SMILES string of the molecule is CC1(c2cc3cc([N+](=O)[O-])ccc3[nH]2)CC1.CCCC(=O)Nc1ccc([N+](=O)[O-])cc1C#CC1(C)CC1. The molecular weight excluding hydrogens is 472 g/mol. The molecule has 0 bridgehead atoms. The number of aromatic amines is 1. The number of nitro groups is 2. The van der Waals surface area contributed by atoms with Gasteiger partial charge in [-0.1, -0.05) is 25.7 Å². The lowest BCUT2D eigenvalue weighted by Gasteiger charge is -2.07. The minimum Gasteiger partial charge on any atom is -0.358 e. The lowest BCUT2D eigenvalue weighted by Crippen LogP contribution is -2.11. The summed E-state index contributed by atoms with van der Waals surface area (Å²) in [4.78, 5) is 35.8. The van der Waals surface area contributed by atoms with Crippen molar-refractivity contribution in [2.45, 2.75) is 64.7 Å². The average Bonchev–Trinajstić information content (AvgIpc) is 3.74. The molecule has 9 nitrogen and oxygen atoms in total. The van der Waals surface area contributed by atoms with Crippen molar-refractivity contribution in [2.75, 3.05) is 5.32 Å². The highest BCUT2D eigenvalue weighted by Crippen LogP contribution is 2.48. The molecule has 2 aromatic carbocycles. The predicted octanol–water partition coefficient (Wildman–Crippen LogP) is 6.61. The molecule has 2 fully saturated rings. The van der Waals surface area contributed by atoms with Crippen molar-refractivity contribution in [1.29, 1.82) is 0 Å². The minimum atomic E-state index is -0.457. The molecule has 2 aliphatic carbocycles. The van der Waals surface area contributed by atoms with Gasteiger partial charge in [0.1, 0.15) is 0 Å². The quantitative estimate of drug-likeness (QED) is 0.222. The minimum absolute atomic E-state index is 0.0197. The van der Waals surface area contributed by atoms with Crippen molar-refractivity contribution in [3.8, 4) is 11.8 Å². The van der Waals surface area contributed by atoms with Gasteiger partial charge in [-0.15, -0.1) is 0 Å². The van der Waals surface area contributed by atoms with Crippen LogP contribution in [0.15, 0.2) is 42.5 Å². The number of hydrogen-bond donors (Lipinski definition) is 2. The number of H-pyrrole nitrogens is 1. The van der Waals surface area contributed by atoms with E-state index in [0.29, 0.717) is 17.7 Å². The van der Waals surface area contributed by atoms with E-state index >= 15 is 0 Å². The highest BCUT2D eigenvalue weighted by Gasteiger charge is 2.40. The first kappa shape index (κ1) is 25.9. The second-order valence-electron chi connectivity index (χ2n) is 10.4. The molecule has 1 heterocycles. The Morgan fingerprint density at radius 1 is 1.00 bits per heavy atom. The summed E-state index contributed by atoms with van der Waals surface area (Å²) in [5.41, 5.74) is 3.64. The number of anilines is 1. The summed E-state index contributed by atoms with van der Waals surface area (Å²) in [5.74, 6) is 6.02. The van der Waals surface area contributed by atoms with Crippen molar-refractivity contribution < 1.29 is 14.6 Å². The van der Waals surface area contributed by atoms with Crippen LogP contribution < -0.4 is 5.32 Å². The zero-order valence-corrected chi connectivity index (χ0v) is 21.2. The van der Waals surface area contributed by atoms with Crippen LogP contribution in [-0.4, -0.2) is 20.7 Å². The Labute approximate surface area is 214 Å². The van der Waals surface area contributed by atoms with E-state index in [2.05, 4.69) is 36.0 Å². The Hall–Kier alpha value is -4.19. The van der Waals surface area contributed by atoms with Gasteiger partial charge in [-0.05, 0) is 57.2 Å². The number of rotatable bonds is 6. The largest absolute Gasteiger partial charge is 0.358 e. The average molecular weight is 503 g/mol. The van der Waals surface area contributed by atoms with Gasteiger partial charge < -0.3 is 10.3 Å². The lowest BCUT2D eigenvalue weighted by atomic mass is 10.1. The molecule has 5 rings (SSSR count). The topological polar surface area (TPSA) is 131 Å². The van der Waals surface area contributed by atoms with Gasteiger partial charge in [0.25, 0.3) is 11.4 Å². The number of nitrogens with zero attached hydrogens (tertiary/aromatic N) is 2. The van der Waals surface area contributed by atoms with Gasteiger partial charge in [0.2, 0.25) is 5.91 Å². The lowest BCUT2D eigenvalue weighted by molar-refractivity contribution is -0.385. The summed E-state index contributed by atoms with van der Waals surface area (Å²) in [6.07, 6.45) is 5.65. The molecule has 9 heteroatoms. The van der Waals surface area contributed by atoms with Gasteiger partial charge >= 0.3 is 0 Å². The van der Waals surface area contributed by atoms with Crippen LogP contribution in [0.25, 0.3) is 10.9 Å². The maximum Gasteiger partial charge on any atom is 0.270 e. The van der Waals surface area contributed by atoms with Gasteiger partial charge in [-0.25, -0.2) is 0 Å². The number of nitro benzene ring substituents is 2. The summed E-state index contributed by atoms with van der Waals surface area (Å²) in [6, 6.07) is 11.3. The van der Waals surface area contributed by atoms with E-state index in [0.717, 1.165) is 30.2 Å². The second-order valence-corrected chi connectivity index (χ2v) is 10.4. The van der Waals surface area contributed by atoms with Crippen molar-refractivity contribution >= 4 is 33.9 Å². The Morgan fingerprint density at radius 3 is 2.24 bits per heavy atom. The monoisotopic (exact) mass is 502 g/mol. The summed E-state index contributed by atoms with van der Waals surface area (Å²) in [7, 11) is 0. The Bertz CT molecular complexity index is 1440. The molecule has 0 radical (unpaired) electrons. The van der Waals surface area contributed by atoms with Crippen molar-refractivity contribution in [3.05, 3.63) is 74.0 Å². The maximum atomic E-state index is 11.7. The number of nitrogens with one attached hydrogen (secondary N) is 2. The molecule has 0 unspecified atom stereocenters. The molecule has 0 aliphatic heterocycles. The van der Waals surface area contributed by atoms with Crippen molar-refractivity contribution in [2.24, 2.45) is 5.41 Å². The van der Waals surface area contributed by atoms with Crippen LogP contribution >= 0.6 is 0 Å². The molecular formula is C28H30N4O5. The van der Waals surface area contributed by atoms with E-state index < -0.39 is 4.92 Å². The second kappa shape index (κ2) is 10.1. The molecule has 1 aromatic heterocycles. The predicted molar refractivity (Wildman–Crippen MR) is 142 cm³/mol. The third-order valence-corrected chi connectivity index (χ3v) is 6.93. The van der Waals surface area contributed by atoms with Gasteiger partial charge in [0.15, 0.2) is 0 Å². The fourth-order valence-corrected chi connectivity index (χ4v) is 3.84. The highest BCUT2D eigenvalue weighted by molar-refractivity contribution is 5.92. The van der Waals surface area contributed by atoms with Crippen LogP contribution in [0, 0.1) is 37.5 Å². The molecule has 1 amide bonds. The van der Waals surface area contributed by atoms with Crippen molar-refractivity contribution in [1.82, 2.24) is 4.98 Å². The van der Waals surface area contributed by atoms with Crippen LogP contribution in [0.2, 0.25) is 0 Å². The summed E-state index contributed by atoms with van der Waals surface area (Å²) < 4.78 is 0. The van der Waals surface area contributed by atoms with Crippen LogP contribution in [-0.2, 0) is 10.2 Å². The number of benzene rings is 2. The first-order valence-corrected chi connectivity index (χ1v) is 12.4. The number of carbonyl (C=O) groups excluding carboxylic acids is 1. The molecule has 2 aliphatic rings. The zero-order chi connectivity index (χ0) is 26.8. The fourth-order valence-electron chi connectivity index (χ4n) is 3.84. The standard InChI is InChI=1S/C16H18N2O3.C12H12N2O2/c1-3-4-15(19)17-14-6-5-13(18(20)21)11-12(14)7-8-16(2)9-10-16;1-12(4-5-12)11-7-8-6-9(14(15)16)2-3-10(8)13-11/h5-6,11H,3-4,9-10H2,1-2H3,(H,17,19);2-3,6-7,13H,4-5H2,1H3. The number of non-ortho nitro benzene ring substituents is 2. The molecule has 2 N–H and O–H groups in total. The molecule has 2 saturated carbocycles. The molecule has 0 saturated heterocycles. The number of amides is 1. The van der Waals surface area contributed by atoms with E-state index in [4.69, 9.17) is 0 Å². The van der Waals surface area contributed by atoms with Gasteiger partial charge in [0, 0.05) is 58.1 Å².